The highest BCUT2D eigenvalue weighted by Gasteiger charge is 2.26. The van der Waals surface area contributed by atoms with Crippen LogP contribution in [-0.4, -0.2) is 31.0 Å². The molecule has 0 unspecified atom stereocenters. The summed E-state index contributed by atoms with van der Waals surface area (Å²) >= 11 is 0. The van der Waals surface area contributed by atoms with Crippen molar-refractivity contribution in [2.45, 2.75) is 33.1 Å². The number of benzene rings is 1. The van der Waals surface area contributed by atoms with Gasteiger partial charge in [-0.25, -0.2) is 0 Å². The maximum Gasteiger partial charge on any atom is 0.256 e. The van der Waals surface area contributed by atoms with E-state index in [4.69, 9.17) is 10.5 Å². The molecular weight excluding hydrogens is 252 g/mol. The number of amides is 1. The molecule has 2 rings (SSSR count). The monoisotopic (exact) mass is 276 g/mol. The van der Waals surface area contributed by atoms with Gasteiger partial charge >= 0.3 is 0 Å². The number of hydrogen-bond acceptors (Lipinski definition) is 3. The molecule has 0 radical (unpaired) electrons. The molecule has 1 saturated heterocycles. The van der Waals surface area contributed by atoms with Gasteiger partial charge in [-0.2, -0.15) is 0 Å². The first kappa shape index (κ1) is 14.7. The van der Waals surface area contributed by atoms with Crippen LogP contribution in [0.4, 0.5) is 5.69 Å². The van der Waals surface area contributed by atoms with Gasteiger partial charge in [-0.1, -0.05) is 13.8 Å². The number of rotatable bonds is 2. The average Bonchev–Trinajstić information content (AvgIpc) is 2.59. The van der Waals surface area contributed by atoms with E-state index in [1.54, 1.807) is 25.3 Å². The van der Waals surface area contributed by atoms with E-state index < -0.39 is 0 Å². The number of nitrogens with two attached hydrogens (primary N) is 1. The lowest BCUT2D eigenvalue weighted by molar-refractivity contribution is 0.0758. The number of carbonyl (C=O) groups is 1. The van der Waals surface area contributed by atoms with Crippen LogP contribution in [0.2, 0.25) is 0 Å². The van der Waals surface area contributed by atoms with E-state index in [1.165, 1.54) is 0 Å². The van der Waals surface area contributed by atoms with Crippen molar-refractivity contribution < 1.29 is 9.53 Å². The Labute approximate surface area is 120 Å². The summed E-state index contributed by atoms with van der Waals surface area (Å²) in [5.41, 5.74) is 7.31. The summed E-state index contributed by atoms with van der Waals surface area (Å²) in [6.07, 6.45) is 3.23. The fourth-order valence-corrected chi connectivity index (χ4v) is 2.64. The van der Waals surface area contributed by atoms with E-state index >= 15 is 0 Å². The van der Waals surface area contributed by atoms with Crippen molar-refractivity contribution in [2.75, 3.05) is 25.9 Å². The van der Waals surface area contributed by atoms with Gasteiger partial charge < -0.3 is 15.4 Å². The molecular formula is C16H24N2O2. The van der Waals surface area contributed by atoms with E-state index in [2.05, 4.69) is 13.8 Å². The molecule has 1 aromatic carbocycles. The van der Waals surface area contributed by atoms with Gasteiger partial charge in [0.15, 0.2) is 0 Å². The molecule has 1 heterocycles. The van der Waals surface area contributed by atoms with E-state index in [9.17, 15) is 4.79 Å². The van der Waals surface area contributed by atoms with Gasteiger partial charge in [0.05, 0.1) is 12.7 Å². The number of carbonyl (C=O) groups excluding carboxylic acids is 1. The Balaban J connectivity index is 2.18. The van der Waals surface area contributed by atoms with Crippen molar-refractivity contribution in [1.29, 1.82) is 0 Å². The molecule has 0 spiro atoms. The van der Waals surface area contributed by atoms with Crippen molar-refractivity contribution in [3.05, 3.63) is 23.8 Å². The van der Waals surface area contributed by atoms with Crippen molar-refractivity contribution in [1.82, 2.24) is 4.90 Å². The highest BCUT2D eigenvalue weighted by molar-refractivity contribution is 5.99. The zero-order chi connectivity index (χ0) is 14.8. The van der Waals surface area contributed by atoms with Crippen LogP contribution in [0.5, 0.6) is 5.75 Å². The van der Waals surface area contributed by atoms with Crippen LogP contribution in [0.3, 0.4) is 0 Å². The van der Waals surface area contributed by atoms with Gasteiger partial charge in [0.25, 0.3) is 5.91 Å². The lowest BCUT2D eigenvalue weighted by Crippen LogP contribution is -2.32. The highest BCUT2D eigenvalue weighted by Crippen LogP contribution is 2.31. The first-order valence-electron chi connectivity index (χ1n) is 7.16. The molecule has 1 aliphatic rings. The second-order valence-corrected chi connectivity index (χ2v) is 6.26. The van der Waals surface area contributed by atoms with Crippen LogP contribution in [0.15, 0.2) is 18.2 Å². The van der Waals surface area contributed by atoms with Gasteiger partial charge in [0.2, 0.25) is 0 Å². The van der Waals surface area contributed by atoms with Crippen molar-refractivity contribution in [3.63, 3.8) is 0 Å². The fourth-order valence-electron chi connectivity index (χ4n) is 2.64. The van der Waals surface area contributed by atoms with E-state index in [-0.39, 0.29) is 5.91 Å². The Morgan fingerprint density at radius 3 is 2.75 bits per heavy atom. The smallest absolute Gasteiger partial charge is 0.256 e. The minimum absolute atomic E-state index is 0.0131. The number of nitrogen functional groups attached to an aromatic ring is 1. The van der Waals surface area contributed by atoms with Gasteiger partial charge in [-0.15, -0.1) is 0 Å². The zero-order valence-electron chi connectivity index (χ0n) is 12.6. The largest absolute Gasteiger partial charge is 0.497 e. The summed E-state index contributed by atoms with van der Waals surface area (Å²) in [6, 6.07) is 5.24. The summed E-state index contributed by atoms with van der Waals surface area (Å²) < 4.78 is 5.18. The van der Waals surface area contributed by atoms with Crippen molar-refractivity contribution >= 4 is 11.6 Å². The van der Waals surface area contributed by atoms with Crippen LogP contribution in [0, 0.1) is 5.41 Å². The predicted molar refractivity (Wildman–Crippen MR) is 80.9 cm³/mol. The van der Waals surface area contributed by atoms with Crippen LogP contribution in [0.1, 0.15) is 43.5 Å². The lowest BCUT2D eigenvalue weighted by Gasteiger charge is -2.24. The Kier molecular flexibility index (Phi) is 4.21. The SMILES string of the molecule is COc1ccc(N)c(C(=O)N2CCCC(C)(C)CC2)c1. The fraction of sp³-hybridized carbons (Fsp3) is 0.562. The third kappa shape index (κ3) is 3.24. The number of hydrogen-bond donors (Lipinski definition) is 1. The standard InChI is InChI=1S/C16H24N2O2/c1-16(2)7-4-9-18(10-8-16)15(19)13-11-12(20-3)5-6-14(13)17/h5-6,11H,4,7-10,17H2,1-3H3. The van der Waals surface area contributed by atoms with E-state index in [1.807, 2.05) is 4.90 Å². The number of likely N-dealkylation sites (tertiary alicyclic amines) is 1. The molecule has 1 aromatic rings. The second-order valence-electron chi connectivity index (χ2n) is 6.26. The lowest BCUT2D eigenvalue weighted by atomic mass is 9.85. The number of nitrogens with zero attached hydrogens (tertiary/aromatic N) is 1. The molecule has 1 fully saturated rings. The summed E-state index contributed by atoms with van der Waals surface area (Å²) in [7, 11) is 1.59. The molecule has 1 amide bonds. The van der Waals surface area contributed by atoms with E-state index in [0.717, 1.165) is 32.4 Å². The van der Waals surface area contributed by atoms with Crippen molar-refractivity contribution in [2.24, 2.45) is 5.41 Å². The van der Waals surface area contributed by atoms with Gasteiger partial charge in [-0.3, -0.25) is 4.79 Å². The van der Waals surface area contributed by atoms with Gasteiger partial charge in [0.1, 0.15) is 5.75 Å². The van der Waals surface area contributed by atoms with Crippen LogP contribution < -0.4 is 10.5 Å². The second kappa shape index (κ2) is 5.73. The maximum absolute atomic E-state index is 12.6. The molecule has 110 valence electrons. The quantitative estimate of drug-likeness (QED) is 0.845. The zero-order valence-corrected chi connectivity index (χ0v) is 12.6. The average molecular weight is 276 g/mol. The first-order chi connectivity index (χ1) is 9.43. The Hall–Kier alpha value is -1.71. The Morgan fingerprint density at radius 2 is 2.05 bits per heavy atom. The van der Waals surface area contributed by atoms with Crippen LogP contribution in [0.25, 0.3) is 0 Å². The third-order valence-electron chi connectivity index (χ3n) is 4.12. The molecule has 0 bridgehead atoms. The summed E-state index contributed by atoms with van der Waals surface area (Å²) in [5.74, 6) is 0.678. The summed E-state index contributed by atoms with van der Waals surface area (Å²) in [4.78, 5) is 14.6. The Morgan fingerprint density at radius 1 is 1.30 bits per heavy atom. The number of anilines is 1. The van der Waals surface area contributed by atoms with Gasteiger partial charge in [0, 0.05) is 18.8 Å². The normalized spacial score (nSPS) is 18.4. The molecule has 1 aliphatic heterocycles. The van der Waals surface area contributed by atoms with Crippen LogP contribution in [-0.2, 0) is 0 Å². The van der Waals surface area contributed by atoms with Crippen molar-refractivity contribution in [3.8, 4) is 5.75 Å². The topological polar surface area (TPSA) is 55.6 Å². The Bertz CT molecular complexity index is 497. The number of ether oxygens (including phenoxy) is 1. The van der Waals surface area contributed by atoms with Crippen LogP contribution >= 0.6 is 0 Å². The molecule has 0 aromatic heterocycles. The predicted octanol–water partition coefficient (Wildman–Crippen LogP) is 2.93. The summed E-state index contributed by atoms with van der Waals surface area (Å²) in [5, 5.41) is 0. The minimum atomic E-state index is 0.0131. The minimum Gasteiger partial charge on any atom is -0.497 e. The first-order valence-corrected chi connectivity index (χ1v) is 7.16. The summed E-state index contributed by atoms with van der Waals surface area (Å²) in [6.45, 7) is 6.13. The molecule has 0 atom stereocenters. The molecule has 2 N–H and O–H groups in total. The van der Waals surface area contributed by atoms with E-state index in [0.29, 0.717) is 22.4 Å². The molecule has 4 nitrogen and oxygen atoms in total. The highest BCUT2D eigenvalue weighted by atomic mass is 16.5. The molecule has 20 heavy (non-hydrogen) atoms. The third-order valence-corrected chi connectivity index (χ3v) is 4.12. The molecule has 4 heteroatoms. The maximum atomic E-state index is 12.6. The molecule has 0 saturated carbocycles. The number of methoxy groups -OCH3 is 1. The van der Waals surface area contributed by atoms with Gasteiger partial charge in [-0.05, 0) is 42.9 Å². The molecule has 0 aliphatic carbocycles.